The lowest BCUT2D eigenvalue weighted by atomic mass is 10.2. The number of hydrogen-bond donors (Lipinski definition) is 3. The summed E-state index contributed by atoms with van der Waals surface area (Å²) in [5.41, 5.74) is 2.50. The van der Waals surface area contributed by atoms with Crippen molar-refractivity contribution in [2.75, 3.05) is 17.2 Å². The zero-order valence-electron chi connectivity index (χ0n) is 11.6. The van der Waals surface area contributed by atoms with Gasteiger partial charge in [-0.15, -0.1) is 0 Å². The minimum atomic E-state index is -0.376. The number of anilines is 2. The number of amides is 2. The van der Waals surface area contributed by atoms with Crippen LogP contribution in [0.2, 0.25) is 0 Å². The van der Waals surface area contributed by atoms with Crippen LogP contribution in [0.3, 0.4) is 0 Å². The van der Waals surface area contributed by atoms with E-state index in [9.17, 15) is 4.79 Å². The van der Waals surface area contributed by atoms with E-state index in [0.717, 1.165) is 5.56 Å². The maximum atomic E-state index is 11.9. The number of benzene rings is 1. The van der Waals surface area contributed by atoms with Crippen molar-refractivity contribution in [3.8, 4) is 11.8 Å². The summed E-state index contributed by atoms with van der Waals surface area (Å²) in [5.74, 6) is 5.68. The van der Waals surface area contributed by atoms with Crippen LogP contribution in [0.4, 0.5) is 16.3 Å². The second kappa shape index (κ2) is 7.08. The lowest BCUT2D eigenvalue weighted by molar-refractivity contribution is 0.262. The van der Waals surface area contributed by atoms with E-state index in [2.05, 4.69) is 27.5 Å². The third-order valence-electron chi connectivity index (χ3n) is 2.62. The third-order valence-corrected chi connectivity index (χ3v) is 2.62. The molecule has 0 atom stereocenters. The molecular weight excluding hydrogens is 266 g/mol. The lowest BCUT2D eigenvalue weighted by Gasteiger charge is -2.07. The van der Waals surface area contributed by atoms with Crippen molar-refractivity contribution < 1.29 is 9.90 Å². The summed E-state index contributed by atoms with van der Waals surface area (Å²) in [6.07, 6.45) is 1.54. The summed E-state index contributed by atoms with van der Waals surface area (Å²) in [7, 11) is 0. The summed E-state index contributed by atoms with van der Waals surface area (Å²) in [4.78, 5) is 15.9. The van der Waals surface area contributed by atoms with E-state index in [-0.39, 0.29) is 12.6 Å². The average molecular weight is 281 g/mol. The van der Waals surface area contributed by atoms with Crippen molar-refractivity contribution in [1.29, 1.82) is 0 Å². The zero-order valence-corrected chi connectivity index (χ0v) is 11.6. The Bertz CT molecular complexity index is 685. The fourth-order valence-electron chi connectivity index (χ4n) is 1.63. The average Bonchev–Trinajstić information content (AvgIpc) is 2.48. The van der Waals surface area contributed by atoms with E-state index in [0.29, 0.717) is 17.1 Å². The van der Waals surface area contributed by atoms with E-state index >= 15 is 0 Å². The first-order valence-electron chi connectivity index (χ1n) is 6.38. The van der Waals surface area contributed by atoms with Crippen molar-refractivity contribution in [3.63, 3.8) is 0 Å². The molecule has 21 heavy (non-hydrogen) atoms. The molecule has 5 heteroatoms. The number of nitrogens with zero attached hydrogens (tertiary/aromatic N) is 1. The molecule has 106 valence electrons. The molecule has 1 heterocycles. The number of pyridine rings is 1. The Morgan fingerprint density at radius 2 is 2.00 bits per heavy atom. The number of aliphatic hydroxyl groups excluding tert-OH is 1. The Morgan fingerprint density at radius 3 is 2.71 bits per heavy atom. The standard InChI is InChI=1S/C16H15N3O2/c1-12-4-6-14(7-5-12)18-16(21)19-15-11-13(3-2-10-20)8-9-17-15/h4-9,11,20H,10H2,1H3,(H2,17,18,19,21). The van der Waals surface area contributed by atoms with E-state index in [1.807, 2.05) is 31.2 Å². The van der Waals surface area contributed by atoms with Crippen LogP contribution in [-0.4, -0.2) is 22.7 Å². The topological polar surface area (TPSA) is 74.2 Å². The van der Waals surface area contributed by atoms with Crippen LogP contribution < -0.4 is 10.6 Å². The number of carbonyl (C=O) groups is 1. The highest BCUT2D eigenvalue weighted by Crippen LogP contribution is 2.10. The smallest absolute Gasteiger partial charge is 0.324 e. The van der Waals surface area contributed by atoms with Gasteiger partial charge in [0.2, 0.25) is 0 Å². The highest BCUT2D eigenvalue weighted by atomic mass is 16.2. The third kappa shape index (κ3) is 4.64. The SMILES string of the molecule is Cc1ccc(NC(=O)Nc2cc(C#CCO)ccn2)cc1. The van der Waals surface area contributed by atoms with E-state index in [4.69, 9.17) is 5.11 Å². The van der Waals surface area contributed by atoms with Crippen LogP contribution in [0.25, 0.3) is 0 Å². The van der Waals surface area contributed by atoms with Crippen molar-refractivity contribution in [2.45, 2.75) is 6.92 Å². The van der Waals surface area contributed by atoms with Gasteiger partial charge >= 0.3 is 6.03 Å². The molecule has 2 amide bonds. The Kier molecular flexibility index (Phi) is 4.91. The summed E-state index contributed by atoms with van der Waals surface area (Å²) in [5, 5.41) is 14.0. The van der Waals surface area contributed by atoms with Crippen molar-refractivity contribution in [3.05, 3.63) is 53.7 Å². The second-order valence-corrected chi connectivity index (χ2v) is 4.33. The van der Waals surface area contributed by atoms with Crippen LogP contribution >= 0.6 is 0 Å². The minimum absolute atomic E-state index is 0.209. The first-order chi connectivity index (χ1) is 10.2. The predicted molar refractivity (Wildman–Crippen MR) is 82.0 cm³/mol. The fraction of sp³-hybridized carbons (Fsp3) is 0.125. The maximum absolute atomic E-state index is 11.9. The maximum Gasteiger partial charge on any atom is 0.324 e. The molecular formula is C16H15N3O2. The predicted octanol–water partition coefficient (Wildman–Crippen LogP) is 2.38. The van der Waals surface area contributed by atoms with Gasteiger partial charge in [0.05, 0.1) is 0 Å². The molecule has 2 rings (SSSR count). The molecule has 0 aliphatic heterocycles. The molecule has 0 radical (unpaired) electrons. The molecule has 1 aromatic carbocycles. The summed E-state index contributed by atoms with van der Waals surface area (Å²) >= 11 is 0. The van der Waals surface area contributed by atoms with Crippen LogP contribution in [0, 0.1) is 18.8 Å². The molecule has 3 N–H and O–H groups in total. The van der Waals surface area contributed by atoms with Crippen molar-refractivity contribution in [2.24, 2.45) is 0 Å². The molecule has 0 fully saturated rings. The number of hydrogen-bond acceptors (Lipinski definition) is 3. The Morgan fingerprint density at radius 1 is 1.24 bits per heavy atom. The Hall–Kier alpha value is -2.84. The number of aryl methyl sites for hydroxylation is 1. The molecule has 0 saturated carbocycles. The molecule has 2 aromatic rings. The number of aliphatic hydroxyl groups is 1. The first-order valence-corrected chi connectivity index (χ1v) is 6.38. The van der Waals surface area contributed by atoms with Gasteiger partial charge in [0.15, 0.2) is 0 Å². The van der Waals surface area contributed by atoms with Crippen molar-refractivity contribution >= 4 is 17.5 Å². The highest BCUT2D eigenvalue weighted by Gasteiger charge is 2.03. The number of carbonyl (C=O) groups excluding carboxylic acids is 1. The highest BCUT2D eigenvalue weighted by molar-refractivity contribution is 5.99. The Labute approximate surface area is 123 Å². The van der Waals surface area contributed by atoms with Crippen molar-refractivity contribution in [1.82, 2.24) is 4.98 Å². The molecule has 0 aliphatic rings. The quantitative estimate of drug-likeness (QED) is 0.740. The zero-order chi connectivity index (χ0) is 15.1. The Balaban J connectivity index is 2.00. The van der Waals surface area contributed by atoms with Crippen LogP contribution in [0.5, 0.6) is 0 Å². The van der Waals surface area contributed by atoms with Gasteiger partial charge < -0.3 is 10.4 Å². The summed E-state index contributed by atoms with van der Waals surface area (Å²) in [6.45, 7) is 1.77. The minimum Gasteiger partial charge on any atom is -0.384 e. The van der Waals surface area contributed by atoms with E-state index < -0.39 is 0 Å². The molecule has 0 saturated heterocycles. The lowest BCUT2D eigenvalue weighted by Crippen LogP contribution is -2.20. The summed E-state index contributed by atoms with van der Waals surface area (Å²) < 4.78 is 0. The van der Waals surface area contributed by atoms with Gasteiger partial charge in [-0.25, -0.2) is 9.78 Å². The molecule has 0 bridgehead atoms. The number of rotatable bonds is 2. The number of nitrogens with one attached hydrogen (secondary N) is 2. The molecule has 1 aromatic heterocycles. The normalized spacial score (nSPS) is 9.43. The molecule has 0 aliphatic carbocycles. The van der Waals surface area contributed by atoms with Crippen LogP contribution in [0.1, 0.15) is 11.1 Å². The monoisotopic (exact) mass is 281 g/mol. The van der Waals surface area contributed by atoms with Gasteiger partial charge in [0, 0.05) is 17.4 Å². The molecule has 0 unspecified atom stereocenters. The largest absolute Gasteiger partial charge is 0.384 e. The first kappa shape index (κ1) is 14.6. The van der Waals surface area contributed by atoms with Gasteiger partial charge in [-0.05, 0) is 31.2 Å². The van der Waals surface area contributed by atoms with Gasteiger partial charge in [0.25, 0.3) is 0 Å². The second-order valence-electron chi connectivity index (χ2n) is 4.33. The molecule has 5 nitrogen and oxygen atoms in total. The van der Waals surface area contributed by atoms with Gasteiger partial charge in [-0.3, -0.25) is 5.32 Å². The van der Waals surface area contributed by atoms with E-state index in [1.54, 1.807) is 18.3 Å². The number of aromatic nitrogens is 1. The molecule has 0 spiro atoms. The van der Waals surface area contributed by atoms with Crippen LogP contribution in [-0.2, 0) is 0 Å². The van der Waals surface area contributed by atoms with E-state index in [1.165, 1.54) is 0 Å². The van der Waals surface area contributed by atoms with Gasteiger partial charge in [-0.2, -0.15) is 0 Å². The fourth-order valence-corrected chi connectivity index (χ4v) is 1.63. The summed E-state index contributed by atoms with van der Waals surface area (Å²) in [6, 6.07) is 10.4. The number of urea groups is 1. The van der Waals surface area contributed by atoms with Gasteiger partial charge in [-0.1, -0.05) is 29.5 Å². The van der Waals surface area contributed by atoms with Gasteiger partial charge in [0.1, 0.15) is 12.4 Å². The van der Waals surface area contributed by atoms with Crippen LogP contribution in [0.15, 0.2) is 42.6 Å².